The smallest absolute Gasteiger partial charge is 0.220 e. The summed E-state index contributed by atoms with van der Waals surface area (Å²) < 4.78 is 26.4. The van der Waals surface area contributed by atoms with Gasteiger partial charge in [0.15, 0.2) is 0 Å². The lowest BCUT2D eigenvalue weighted by atomic mass is 10.00. The molecule has 1 aromatic carbocycles. The van der Waals surface area contributed by atoms with Crippen LogP contribution >= 0.6 is 12.4 Å². The molecule has 148 valence electrons. The maximum Gasteiger partial charge on any atom is 0.220 e. The fraction of sp³-hybridized carbons (Fsp3) is 0.611. The average molecular weight is 404 g/mol. The Labute approximate surface area is 162 Å². The maximum atomic E-state index is 12.0. The lowest BCUT2D eigenvalue weighted by molar-refractivity contribution is -0.122. The molecule has 1 aliphatic carbocycles. The van der Waals surface area contributed by atoms with Gasteiger partial charge in [-0.05, 0) is 43.7 Å². The summed E-state index contributed by atoms with van der Waals surface area (Å²) in [5.41, 5.74) is 7.67. The second-order valence-corrected chi connectivity index (χ2v) is 8.94. The van der Waals surface area contributed by atoms with Gasteiger partial charge in [-0.25, -0.2) is 13.1 Å². The molecule has 1 fully saturated rings. The third-order valence-electron chi connectivity index (χ3n) is 4.45. The Kier molecular flexibility index (Phi) is 9.03. The van der Waals surface area contributed by atoms with Gasteiger partial charge in [0, 0.05) is 25.0 Å². The number of rotatable bonds is 8. The molecule has 0 unspecified atom stereocenters. The third kappa shape index (κ3) is 7.61. The number of amides is 1. The second kappa shape index (κ2) is 10.3. The molecule has 1 saturated carbocycles. The predicted molar refractivity (Wildman–Crippen MR) is 106 cm³/mol. The van der Waals surface area contributed by atoms with Crippen LogP contribution in [0.3, 0.4) is 0 Å². The summed E-state index contributed by atoms with van der Waals surface area (Å²) in [6, 6.07) is 7.30. The molecule has 0 saturated heterocycles. The zero-order valence-corrected chi connectivity index (χ0v) is 17.0. The van der Waals surface area contributed by atoms with Crippen molar-refractivity contribution < 1.29 is 13.2 Å². The Morgan fingerprint density at radius 3 is 2.35 bits per heavy atom. The predicted octanol–water partition coefficient (Wildman–Crippen LogP) is 2.07. The van der Waals surface area contributed by atoms with Gasteiger partial charge in [-0.3, -0.25) is 4.79 Å². The van der Waals surface area contributed by atoms with Gasteiger partial charge in [-0.2, -0.15) is 0 Å². The van der Waals surface area contributed by atoms with Crippen LogP contribution in [0.5, 0.6) is 0 Å². The minimum Gasteiger partial charge on any atom is -0.352 e. The van der Waals surface area contributed by atoms with Crippen molar-refractivity contribution in [3.63, 3.8) is 0 Å². The highest BCUT2D eigenvalue weighted by molar-refractivity contribution is 7.88. The van der Waals surface area contributed by atoms with Crippen molar-refractivity contribution in [3.8, 4) is 0 Å². The quantitative estimate of drug-likeness (QED) is 0.618. The molecule has 2 rings (SSSR count). The minimum atomic E-state index is -3.32. The van der Waals surface area contributed by atoms with Gasteiger partial charge in [-0.15, -0.1) is 12.4 Å². The first kappa shape index (κ1) is 22.9. The molecule has 1 aromatic rings. The maximum absolute atomic E-state index is 12.0. The number of sulfonamides is 1. The molecule has 1 aliphatic rings. The van der Waals surface area contributed by atoms with Crippen molar-refractivity contribution in [2.75, 3.05) is 0 Å². The van der Waals surface area contributed by atoms with E-state index in [1.54, 1.807) is 26.0 Å². The monoisotopic (exact) mass is 403 g/mol. The number of halogens is 1. The molecular formula is C18H30ClN3O3S. The first-order chi connectivity index (χ1) is 11.7. The van der Waals surface area contributed by atoms with Gasteiger partial charge >= 0.3 is 0 Å². The van der Waals surface area contributed by atoms with E-state index in [2.05, 4.69) is 10.0 Å². The van der Waals surface area contributed by atoms with E-state index in [0.717, 1.165) is 30.4 Å². The Morgan fingerprint density at radius 2 is 1.81 bits per heavy atom. The first-order valence-corrected chi connectivity index (χ1v) is 10.5. The van der Waals surface area contributed by atoms with Crippen LogP contribution < -0.4 is 15.8 Å². The Bertz CT molecular complexity index is 677. The molecule has 6 nitrogen and oxygen atoms in total. The first-order valence-electron chi connectivity index (χ1n) is 8.85. The molecule has 0 spiro atoms. The number of nitrogens with two attached hydrogens (primary N) is 1. The summed E-state index contributed by atoms with van der Waals surface area (Å²) in [4.78, 5) is 12.0. The van der Waals surface area contributed by atoms with E-state index in [0.29, 0.717) is 18.9 Å². The van der Waals surface area contributed by atoms with E-state index in [1.807, 2.05) is 12.1 Å². The topological polar surface area (TPSA) is 101 Å². The van der Waals surface area contributed by atoms with E-state index in [4.69, 9.17) is 5.73 Å². The van der Waals surface area contributed by atoms with Crippen molar-refractivity contribution in [3.05, 3.63) is 35.4 Å². The van der Waals surface area contributed by atoms with Gasteiger partial charge < -0.3 is 11.1 Å². The fourth-order valence-electron chi connectivity index (χ4n) is 3.20. The molecule has 1 amide bonds. The molecule has 0 aromatic heterocycles. The van der Waals surface area contributed by atoms with Crippen LogP contribution in [-0.2, 0) is 27.1 Å². The Balaban J connectivity index is 0.00000338. The van der Waals surface area contributed by atoms with Crippen LogP contribution in [0.1, 0.15) is 50.7 Å². The summed E-state index contributed by atoms with van der Waals surface area (Å²) in [6.45, 7) is 4.03. The van der Waals surface area contributed by atoms with Crippen LogP contribution in [0.25, 0.3) is 0 Å². The van der Waals surface area contributed by atoms with E-state index in [1.165, 1.54) is 0 Å². The van der Waals surface area contributed by atoms with Crippen molar-refractivity contribution in [1.29, 1.82) is 0 Å². The molecule has 2 atom stereocenters. The summed E-state index contributed by atoms with van der Waals surface area (Å²) in [5, 5.41) is 2.92. The Morgan fingerprint density at radius 1 is 1.19 bits per heavy atom. The Hall–Kier alpha value is -1.15. The highest BCUT2D eigenvalue weighted by Crippen LogP contribution is 2.26. The zero-order valence-electron chi connectivity index (χ0n) is 15.4. The summed E-state index contributed by atoms with van der Waals surface area (Å²) in [7, 11) is -3.32. The van der Waals surface area contributed by atoms with Crippen molar-refractivity contribution in [1.82, 2.24) is 10.0 Å². The summed E-state index contributed by atoms with van der Waals surface area (Å²) in [6.07, 6.45) is 3.63. The number of hydrogen-bond acceptors (Lipinski definition) is 4. The van der Waals surface area contributed by atoms with Crippen molar-refractivity contribution >= 4 is 28.3 Å². The van der Waals surface area contributed by atoms with Gasteiger partial charge in [0.2, 0.25) is 15.9 Å². The normalized spacial score (nSPS) is 20.0. The van der Waals surface area contributed by atoms with E-state index >= 15 is 0 Å². The molecule has 8 heteroatoms. The van der Waals surface area contributed by atoms with Crippen LogP contribution in [0.2, 0.25) is 0 Å². The molecule has 0 bridgehead atoms. The number of hydrogen-bond donors (Lipinski definition) is 3. The number of carbonyl (C=O) groups excluding carboxylic acids is 1. The SMILES string of the molecule is CC(C)NS(=O)(=O)Cc1ccc(CNC(=O)C[C@@H]2CCC[C@H]2N)cc1.Cl. The molecular weight excluding hydrogens is 374 g/mol. The largest absolute Gasteiger partial charge is 0.352 e. The zero-order chi connectivity index (χ0) is 18.4. The highest BCUT2D eigenvalue weighted by Gasteiger charge is 2.25. The number of carbonyl (C=O) groups is 1. The second-order valence-electron chi connectivity index (χ2n) is 7.18. The van der Waals surface area contributed by atoms with Gasteiger partial charge in [0.1, 0.15) is 0 Å². The average Bonchev–Trinajstić information content (AvgIpc) is 2.90. The standard InChI is InChI=1S/C18H29N3O3S.ClH/c1-13(2)21-25(23,24)12-15-8-6-14(7-9-15)11-20-18(22)10-16-4-3-5-17(16)19;/h6-9,13,16-17,21H,3-5,10-12,19H2,1-2H3,(H,20,22);1H/t16-,17+;/m0./s1. The van der Waals surface area contributed by atoms with Gasteiger partial charge in [0.25, 0.3) is 0 Å². The van der Waals surface area contributed by atoms with Gasteiger partial charge in [-0.1, -0.05) is 30.7 Å². The van der Waals surface area contributed by atoms with Crippen LogP contribution in [-0.4, -0.2) is 26.4 Å². The summed E-state index contributed by atoms with van der Waals surface area (Å²) in [5.74, 6) is 0.272. The van der Waals surface area contributed by atoms with Gasteiger partial charge in [0.05, 0.1) is 5.75 Å². The lowest BCUT2D eigenvalue weighted by Gasteiger charge is -2.15. The lowest BCUT2D eigenvalue weighted by Crippen LogP contribution is -2.31. The van der Waals surface area contributed by atoms with E-state index in [9.17, 15) is 13.2 Å². The molecule has 0 aliphatic heterocycles. The van der Waals surface area contributed by atoms with Crippen LogP contribution in [0.4, 0.5) is 0 Å². The molecule has 0 radical (unpaired) electrons. The fourth-order valence-corrected chi connectivity index (χ4v) is 4.64. The van der Waals surface area contributed by atoms with Crippen LogP contribution in [0.15, 0.2) is 24.3 Å². The van der Waals surface area contributed by atoms with Crippen molar-refractivity contribution in [2.45, 2.75) is 63.9 Å². The van der Waals surface area contributed by atoms with E-state index in [-0.39, 0.29) is 36.2 Å². The number of benzene rings is 1. The highest BCUT2D eigenvalue weighted by atomic mass is 35.5. The third-order valence-corrected chi connectivity index (χ3v) is 5.99. The minimum absolute atomic E-state index is 0. The molecule has 26 heavy (non-hydrogen) atoms. The van der Waals surface area contributed by atoms with E-state index < -0.39 is 10.0 Å². The van der Waals surface area contributed by atoms with Crippen LogP contribution in [0, 0.1) is 5.92 Å². The molecule has 0 heterocycles. The summed E-state index contributed by atoms with van der Waals surface area (Å²) >= 11 is 0. The number of nitrogens with one attached hydrogen (secondary N) is 2. The van der Waals surface area contributed by atoms with Crippen molar-refractivity contribution in [2.24, 2.45) is 11.7 Å². The molecule has 4 N–H and O–H groups in total.